The average Bonchev–Trinajstić information content (AvgIpc) is 2.72. The highest BCUT2D eigenvalue weighted by Crippen LogP contribution is 2.15. The number of benzene rings is 2. The van der Waals surface area contributed by atoms with E-state index in [0.29, 0.717) is 0 Å². The van der Waals surface area contributed by atoms with E-state index in [9.17, 15) is 17.6 Å². The van der Waals surface area contributed by atoms with Gasteiger partial charge in [-0.05, 0) is 29.7 Å². The maximum absolute atomic E-state index is 13.6. The number of ether oxygens (including phenoxy) is 1. The number of nitrogens with zero attached hydrogens (tertiary/aromatic N) is 1. The van der Waals surface area contributed by atoms with Crippen LogP contribution in [0.2, 0.25) is 0 Å². The summed E-state index contributed by atoms with van der Waals surface area (Å²) < 4.78 is 46.3. The fraction of sp³-hybridized carbons (Fsp3) is 0.318. The predicted molar refractivity (Wildman–Crippen MR) is 116 cm³/mol. The van der Waals surface area contributed by atoms with Crippen LogP contribution in [0.3, 0.4) is 0 Å². The van der Waals surface area contributed by atoms with Crippen LogP contribution in [-0.2, 0) is 14.8 Å². The van der Waals surface area contributed by atoms with Crippen LogP contribution in [0.25, 0.3) is 6.08 Å². The van der Waals surface area contributed by atoms with Crippen LogP contribution in [0.15, 0.2) is 60.0 Å². The number of rotatable bonds is 10. The van der Waals surface area contributed by atoms with Gasteiger partial charge in [-0.25, -0.2) is 12.8 Å². The molecule has 0 aromatic heterocycles. The highest BCUT2D eigenvalue weighted by molar-refractivity contribution is 7.92. The summed E-state index contributed by atoms with van der Waals surface area (Å²) in [5.41, 5.74) is 0.734. The minimum absolute atomic E-state index is 0.0780. The Morgan fingerprint density at radius 3 is 2.40 bits per heavy atom. The first-order valence-electron chi connectivity index (χ1n) is 9.57. The molecule has 2 aromatic carbocycles. The maximum atomic E-state index is 13.6. The molecule has 1 atom stereocenters. The van der Waals surface area contributed by atoms with E-state index in [4.69, 9.17) is 4.74 Å². The van der Waals surface area contributed by atoms with Gasteiger partial charge in [-0.3, -0.25) is 4.79 Å². The van der Waals surface area contributed by atoms with Gasteiger partial charge in [-0.2, -0.15) is 4.72 Å². The van der Waals surface area contributed by atoms with Crippen molar-refractivity contribution in [2.24, 2.45) is 5.92 Å². The zero-order valence-electron chi connectivity index (χ0n) is 17.3. The van der Waals surface area contributed by atoms with Crippen LogP contribution < -0.4 is 9.46 Å². The third-order valence-corrected chi connectivity index (χ3v) is 5.44. The third kappa shape index (κ3) is 7.27. The summed E-state index contributed by atoms with van der Waals surface area (Å²) in [6.07, 6.45) is 1.47. The van der Waals surface area contributed by atoms with Crippen LogP contribution >= 0.6 is 0 Å². The van der Waals surface area contributed by atoms with Crippen LogP contribution in [0.4, 0.5) is 4.39 Å². The quantitative estimate of drug-likeness (QED) is 0.623. The Hall–Kier alpha value is -2.71. The lowest BCUT2D eigenvalue weighted by Crippen LogP contribution is -2.50. The number of carbonyl (C=O) groups is 1. The molecular weight excluding hydrogens is 407 g/mol. The van der Waals surface area contributed by atoms with Crippen LogP contribution in [0.1, 0.15) is 19.4 Å². The fourth-order valence-corrected chi connectivity index (χ4v) is 3.76. The number of hydrogen-bond acceptors (Lipinski definition) is 4. The van der Waals surface area contributed by atoms with Gasteiger partial charge < -0.3 is 9.64 Å². The number of likely N-dealkylation sites (N-methyl/N-ethyl adjacent to an activating group) is 1. The molecule has 0 fully saturated rings. The van der Waals surface area contributed by atoms with E-state index in [1.54, 1.807) is 57.3 Å². The summed E-state index contributed by atoms with van der Waals surface area (Å²) in [6, 6.07) is 14.1. The SMILES string of the molecule is CC(C)[C@H](NS(=O)(=O)/C=C/c1ccccc1)C(=O)N(C)CCOc1ccccc1F. The Kier molecular flexibility index (Phi) is 8.56. The van der Waals surface area contributed by atoms with E-state index in [2.05, 4.69) is 4.72 Å². The second kappa shape index (κ2) is 10.9. The normalized spacial score (nSPS) is 12.8. The highest BCUT2D eigenvalue weighted by atomic mass is 32.2. The van der Waals surface area contributed by atoms with Crippen LogP contribution in [-0.4, -0.2) is 45.5 Å². The van der Waals surface area contributed by atoms with Crippen molar-refractivity contribution in [3.05, 3.63) is 71.4 Å². The van der Waals surface area contributed by atoms with Gasteiger partial charge in [-0.15, -0.1) is 0 Å². The standard InChI is InChI=1S/C22H27FN2O4S/c1-17(2)21(24-30(27,28)16-13-18-9-5-4-6-10-18)22(26)25(3)14-15-29-20-12-8-7-11-19(20)23/h4-13,16-17,21,24H,14-15H2,1-3H3/b16-13+/t21-/m0/s1. The molecule has 30 heavy (non-hydrogen) atoms. The Morgan fingerprint density at radius 1 is 1.13 bits per heavy atom. The molecule has 0 aliphatic heterocycles. The van der Waals surface area contributed by atoms with Crippen LogP contribution in [0.5, 0.6) is 5.75 Å². The Bertz CT molecular complexity index is 962. The monoisotopic (exact) mass is 434 g/mol. The van der Waals surface area contributed by atoms with E-state index in [-0.39, 0.29) is 30.7 Å². The van der Waals surface area contributed by atoms with Gasteiger partial charge in [0.1, 0.15) is 12.6 Å². The van der Waals surface area contributed by atoms with Gasteiger partial charge in [0.25, 0.3) is 0 Å². The Balaban J connectivity index is 1.97. The average molecular weight is 435 g/mol. The molecule has 162 valence electrons. The molecule has 2 aromatic rings. The first-order chi connectivity index (χ1) is 14.2. The second-order valence-corrected chi connectivity index (χ2v) is 8.73. The van der Waals surface area contributed by atoms with Crippen molar-refractivity contribution < 1.29 is 22.3 Å². The molecule has 0 aliphatic rings. The van der Waals surface area contributed by atoms with Crippen molar-refractivity contribution in [3.8, 4) is 5.75 Å². The Morgan fingerprint density at radius 2 is 1.77 bits per heavy atom. The van der Waals surface area contributed by atoms with E-state index in [1.165, 1.54) is 23.1 Å². The molecule has 0 heterocycles. The third-order valence-electron chi connectivity index (χ3n) is 4.36. The molecule has 1 N–H and O–H groups in total. The first-order valence-corrected chi connectivity index (χ1v) is 11.1. The van der Waals surface area contributed by atoms with E-state index in [0.717, 1.165) is 11.0 Å². The van der Waals surface area contributed by atoms with Gasteiger partial charge in [0, 0.05) is 12.5 Å². The summed E-state index contributed by atoms with van der Waals surface area (Å²) in [4.78, 5) is 14.2. The zero-order chi connectivity index (χ0) is 22.1. The van der Waals surface area contributed by atoms with Crippen molar-refractivity contribution in [2.45, 2.75) is 19.9 Å². The molecule has 8 heteroatoms. The van der Waals surface area contributed by atoms with Crippen LogP contribution in [0, 0.1) is 11.7 Å². The van der Waals surface area contributed by atoms with E-state index < -0.39 is 21.9 Å². The number of hydrogen-bond donors (Lipinski definition) is 1. The van der Waals surface area contributed by atoms with E-state index >= 15 is 0 Å². The zero-order valence-corrected chi connectivity index (χ0v) is 18.1. The molecule has 1 amide bonds. The molecule has 0 unspecified atom stereocenters. The molecule has 6 nitrogen and oxygen atoms in total. The summed E-state index contributed by atoms with van der Waals surface area (Å²) in [6.45, 7) is 3.78. The second-order valence-electron chi connectivity index (χ2n) is 7.14. The van der Waals surface area contributed by atoms with Gasteiger partial charge >= 0.3 is 0 Å². The molecule has 0 saturated carbocycles. The summed E-state index contributed by atoms with van der Waals surface area (Å²) in [7, 11) is -2.28. The molecule has 0 bridgehead atoms. The number of para-hydroxylation sites is 1. The topological polar surface area (TPSA) is 75.7 Å². The van der Waals surface area contributed by atoms with Gasteiger partial charge in [0.05, 0.1) is 6.54 Å². The van der Waals surface area contributed by atoms with Crippen molar-refractivity contribution >= 4 is 22.0 Å². The number of halogens is 1. The molecule has 0 radical (unpaired) electrons. The lowest BCUT2D eigenvalue weighted by Gasteiger charge is -2.26. The molecule has 2 rings (SSSR count). The van der Waals surface area contributed by atoms with Gasteiger partial charge in [0.15, 0.2) is 11.6 Å². The lowest BCUT2D eigenvalue weighted by atomic mass is 10.0. The van der Waals surface area contributed by atoms with E-state index in [1.807, 2.05) is 6.07 Å². The highest BCUT2D eigenvalue weighted by Gasteiger charge is 2.28. The lowest BCUT2D eigenvalue weighted by molar-refractivity contribution is -0.133. The maximum Gasteiger partial charge on any atom is 0.240 e. The van der Waals surface area contributed by atoms with Crippen molar-refractivity contribution in [1.29, 1.82) is 0 Å². The summed E-state index contributed by atoms with van der Waals surface area (Å²) in [5.74, 6) is -1.04. The number of carbonyl (C=O) groups excluding carboxylic acids is 1. The Labute approximate surface area is 177 Å². The molecule has 0 aliphatic carbocycles. The summed E-state index contributed by atoms with van der Waals surface area (Å²) >= 11 is 0. The number of nitrogens with one attached hydrogen (secondary N) is 1. The minimum Gasteiger partial charge on any atom is -0.489 e. The van der Waals surface area contributed by atoms with Gasteiger partial charge in [-0.1, -0.05) is 56.3 Å². The molecule has 0 spiro atoms. The molecule has 0 saturated heterocycles. The molecular formula is C22H27FN2O4S. The van der Waals surface area contributed by atoms with Gasteiger partial charge in [0.2, 0.25) is 15.9 Å². The van der Waals surface area contributed by atoms with Crippen molar-refractivity contribution in [1.82, 2.24) is 9.62 Å². The first kappa shape index (κ1) is 23.6. The number of sulfonamides is 1. The van der Waals surface area contributed by atoms with Crippen molar-refractivity contribution in [2.75, 3.05) is 20.2 Å². The predicted octanol–water partition coefficient (Wildman–Crippen LogP) is 3.28. The number of amides is 1. The smallest absolute Gasteiger partial charge is 0.240 e. The largest absolute Gasteiger partial charge is 0.489 e. The minimum atomic E-state index is -3.83. The van der Waals surface area contributed by atoms with Crippen molar-refractivity contribution in [3.63, 3.8) is 0 Å². The summed E-state index contributed by atoms with van der Waals surface area (Å²) in [5, 5.41) is 1.05. The fourth-order valence-electron chi connectivity index (χ4n) is 2.62.